The number of aromatic amines is 1. The quantitative estimate of drug-likeness (QED) is 0.253. The molecule has 0 radical (unpaired) electrons. The summed E-state index contributed by atoms with van der Waals surface area (Å²) in [6.45, 7) is 0. The van der Waals surface area contributed by atoms with Gasteiger partial charge in [-0.25, -0.2) is 4.79 Å². The van der Waals surface area contributed by atoms with Gasteiger partial charge in [-0.05, 0) is 54.6 Å². The predicted octanol–water partition coefficient (Wildman–Crippen LogP) is 5.90. The maximum atomic E-state index is 12.5. The number of hydrogen-bond acceptors (Lipinski definition) is 3. The number of carbonyl (C=O) groups is 2. The van der Waals surface area contributed by atoms with Crippen LogP contribution in [0.1, 0.15) is 11.3 Å². The first-order chi connectivity index (χ1) is 16.2. The van der Waals surface area contributed by atoms with Crippen molar-refractivity contribution in [3.05, 3.63) is 102 Å². The summed E-state index contributed by atoms with van der Waals surface area (Å²) < 4.78 is 0. The van der Waals surface area contributed by atoms with Crippen LogP contribution in [0.4, 0.5) is 33.2 Å². The second-order valence-electron chi connectivity index (χ2n) is 7.51. The highest BCUT2D eigenvalue weighted by Gasteiger charge is 2.24. The molecule has 2 heterocycles. The van der Waals surface area contributed by atoms with Crippen LogP contribution in [-0.2, 0) is 4.79 Å². The van der Waals surface area contributed by atoms with Gasteiger partial charge in [0.05, 0.1) is 22.6 Å². The van der Waals surface area contributed by atoms with Crippen LogP contribution in [0.25, 0.3) is 11.6 Å². The maximum absolute atomic E-state index is 12.5. The molecule has 3 amide bonds. The lowest BCUT2D eigenvalue weighted by atomic mass is 10.1. The number of nitrogens with one attached hydrogen (secondary N) is 5. The molecule has 0 bridgehead atoms. The van der Waals surface area contributed by atoms with E-state index in [4.69, 9.17) is 0 Å². The van der Waals surface area contributed by atoms with Crippen LogP contribution in [0.2, 0.25) is 0 Å². The Morgan fingerprint density at radius 1 is 0.788 bits per heavy atom. The van der Waals surface area contributed by atoms with Crippen LogP contribution in [-0.4, -0.2) is 16.9 Å². The first-order valence-corrected chi connectivity index (χ1v) is 10.5. The highest BCUT2D eigenvalue weighted by molar-refractivity contribution is 6.35. The third kappa shape index (κ3) is 4.47. The molecule has 0 saturated carbocycles. The molecule has 0 saturated heterocycles. The van der Waals surface area contributed by atoms with Gasteiger partial charge in [0.25, 0.3) is 5.91 Å². The Morgan fingerprint density at radius 3 is 2.36 bits per heavy atom. The summed E-state index contributed by atoms with van der Waals surface area (Å²) in [5.74, 6) is -0.142. The number of hydrogen-bond donors (Lipinski definition) is 5. The van der Waals surface area contributed by atoms with E-state index in [0.29, 0.717) is 16.9 Å². The maximum Gasteiger partial charge on any atom is 0.323 e. The van der Waals surface area contributed by atoms with Crippen molar-refractivity contribution in [3.8, 4) is 0 Å². The number of anilines is 5. The largest absolute Gasteiger partial charge is 0.362 e. The molecule has 1 aliphatic heterocycles. The number of urea groups is 1. The van der Waals surface area contributed by atoms with Gasteiger partial charge in [0.15, 0.2) is 0 Å². The summed E-state index contributed by atoms with van der Waals surface area (Å²) in [4.78, 5) is 28.0. The Balaban J connectivity index is 1.34. The van der Waals surface area contributed by atoms with Gasteiger partial charge in [-0.15, -0.1) is 0 Å². The van der Waals surface area contributed by atoms with Crippen molar-refractivity contribution in [1.29, 1.82) is 0 Å². The number of para-hydroxylation sites is 3. The summed E-state index contributed by atoms with van der Waals surface area (Å²) in [6.07, 6.45) is 3.65. The number of H-pyrrole nitrogens is 1. The Bertz CT molecular complexity index is 1340. The number of aromatic nitrogens is 1. The lowest BCUT2D eigenvalue weighted by Crippen LogP contribution is -2.19. The first-order valence-electron chi connectivity index (χ1n) is 10.5. The van der Waals surface area contributed by atoms with E-state index >= 15 is 0 Å². The Morgan fingerprint density at radius 2 is 1.58 bits per heavy atom. The summed E-state index contributed by atoms with van der Waals surface area (Å²) >= 11 is 0. The molecular weight excluding hydrogens is 414 g/mol. The van der Waals surface area contributed by atoms with E-state index in [2.05, 4.69) is 26.3 Å². The molecule has 7 nitrogen and oxygen atoms in total. The first kappa shape index (κ1) is 20.1. The summed E-state index contributed by atoms with van der Waals surface area (Å²) in [5.41, 5.74) is 5.90. The fraction of sp³-hybridized carbons (Fsp3) is 0. The van der Waals surface area contributed by atoms with Crippen molar-refractivity contribution in [1.82, 2.24) is 4.98 Å². The third-order valence-corrected chi connectivity index (χ3v) is 5.21. The van der Waals surface area contributed by atoms with Gasteiger partial charge < -0.3 is 26.3 Å². The zero-order valence-electron chi connectivity index (χ0n) is 17.6. The molecule has 5 rings (SSSR count). The molecular formula is C26H21N5O2. The topological polar surface area (TPSA) is 98.0 Å². The average molecular weight is 435 g/mol. The van der Waals surface area contributed by atoms with Crippen LogP contribution < -0.4 is 21.3 Å². The molecule has 4 aromatic rings. The Labute approximate surface area is 190 Å². The second-order valence-corrected chi connectivity index (χ2v) is 7.51. The van der Waals surface area contributed by atoms with Crippen LogP contribution in [0.15, 0.2) is 91.1 Å². The molecule has 7 heteroatoms. The van der Waals surface area contributed by atoms with Crippen LogP contribution >= 0.6 is 0 Å². The van der Waals surface area contributed by atoms with Crippen LogP contribution in [0.3, 0.4) is 0 Å². The molecule has 3 aromatic carbocycles. The summed E-state index contributed by atoms with van der Waals surface area (Å²) in [7, 11) is 0. The highest BCUT2D eigenvalue weighted by atomic mass is 16.2. The summed E-state index contributed by atoms with van der Waals surface area (Å²) in [6, 6.07) is 25.8. The fourth-order valence-corrected chi connectivity index (χ4v) is 3.67. The third-order valence-electron chi connectivity index (χ3n) is 5.21. The number of fused-ring (bicyclic) bond motifs is 1. The van der Waals surface area contributed by atoms with Crippen molar-refractivity contribution >= 4 is 52.0 Å². The lowest BCUT2D eigenvalue weighted by molar-refractivity contribution is -0.110. The minimum absolute atomic E-state index is 0.142. The van der Waals surface area contributed by atoms with E-state index in [1.165, 1.54) is 0 Å². The number of amides is 3. The second kappa shape index (κ2) is 8.76. The average Bonchev–Trinajstić information content (AvgIpc) is 3.43. The van der Waals surface area contributed by atoms with Gasteiger partial charge in [0.1, 0.15) is 0 Å². The summed E-state index contributed by atoms with van der Waals surface area (Å²) in [5, 5.41) is 11.9. The molecule has 0 spiro atoms. The SMILES string of the molecule is O=C(Nc1ccccc1)Nc1ccccc1Nc1ccc2c(c1)NC(=O)C2=Cc1ccc[nH]1. The van der Waals surface area contributed by atoms with Gasteiger partial charge in [-0.3, -0.25) is 4.79 Å². The number of carbonyl (C=O) groups excluding carboxylic acids is 2. The lowest BCUT2D eigenvalue weighted by Gasteiger charge is -2.14. The minimum Gasteiger partial charge on any atom is -0.362 e. The van der Waals surface area contributed by atoms with Gasteiger partial charge in [0.2, 0.25) is 0 Å². The molecule has 0 aliphatic carbocycles. The Hall–Kier alpha value is -4.78. The van der Waals surface area contributed by atoms with Gasteiger partial charge >= 0.3 is 6.03 Å². The van der Waals surface area contributed by atoms with Crippen molar-refractivity contribution in [2.75, 3.05) is 21.3 Å². The zero-order valence-corrected chi connectivity index (χ0v) is 17.6. The van der Waals surface area contributed by atoms with E-state index < -0.39 is 0 Å². The van der Waals surface area contributed by atoms with Crippen molar-refractivity contribution in [2.24, 2.45) is 0 Å². The number of rotatable bonds is 5. The van der Waals surface area contributed by atoms with Gasteiger partial charge in [-0.2, -0.15) is 0 Å². The van der Waals surface area contributed by atoms with E-state index in [0.717, 1.165) is 28.3 Å². The molecule has 1 aliphatic rings. The van der Waals surface area contributed by atoms with Crippen LogP contribution in [0.5, 0.6) is 0 Å². The van der Waals surface area contributed by atoms with E-state index in [1.807, 2.05) is 97.2 Å². The van der Waals surface area contributed by atoms with Gasteiger partial charge in [-0.1, -0.05) is 36.4 Å². The molecule has 1 aromatic heterocycles. The van der Waals surface area contributed by atoms with Gasteiger partial charge in [0, 0.05) is 28.8 Å². The van der Waals surface area contributed by atoms with E-state index in [9.17, 15) is 9.59 Å². The molecule has 162 valence electrons. The molecule has 0 atom stereocenters. The predicted molar refractivity (Wildman–Crippen MR) is 133 cm³/mol. The standard InChI is InChI=1S/C26H21N5O2/c32-25-21(15-18-9-6-14-27-18)20-13-12-19(16-24(20)30-25)28-22-10-4-5-11-23(22)31-26(33)29-17-7-2-1-3-8-17/h1-16,27-28H,(H,30,32)(H2,29,31,33). The smallest absolute Gasteiger partial charge is 0.323 e. The van der Waals surface area contributed by atoms with Crippen molar-refractivity contribution in [2.45, 2.75) is 0 Å². The monoisotopic (exact) mass is 435 g/mol. The van der Waals surface area contributed by atoms with Crippen molar-refractivity contribution < 1.29 is 9.59 Å². The minimum atomic E-state index is -0.337. The zero-order chi connectivity index (χ0) is 22.6. The normalized spacial score (nSPS) is 13.3. The molecule has 33 heavy (non-hydrogen) atoms. The Kier molecular flexibility index (Phi) is 5.35. The number of benzene rings is 3. The van der Waals surface area contributed by atoms with E-state index in [1.54, 1.807) is 0 Å². The fourth-order valence-electron chi connectivity index (χ4n) is 3.67. The molecule has 0 unspecified atom stereocenters. The molecule has 0 fully saturated rings. The highest BCUT2D eigenvalue weighted by Crippen LogP contribution is 2.36. The van der Waals surface area contributed by atoms with Crippen LogP contribution in [0, 0.1) is 0 Å². The molecule has 5 N–H and O–H groups in total. The van der Waals surface area contributed by atoms with Crippen molar-refractivity contribution in [3.63, 3.8) is 0 Å². The van der Waals surface area contributed by atoms with E-state index in [-0.39, 0.29) is 11.9 Å².